The summed E-state index contributed by atoms with van der Waals surface area (Å²) in [5.41, 5.74) is 2.05. The van der Waals surface area contributed by atoms with E-state index in [2.05, 4.69) is 5.10 Å². The molecule has 0 unspecified atom stereocenters. The van der Waals surface area contributed by atoms with Gasteiger partial charge in [0.2, 0.25) is 12.4 Å². The fraction of sp³-hybridized carbons (Fsp3) is 0. The Balaban J connectivity index is 1.91. The number of benzene rings is 2. The maximum Gasteiger partial charge on any atom is 0.202 e. The van der Waals surface area contributed by atoms with E-state index in [-0.39, 0.29) is 0 Å². The molecule has 120 valence electrons. The Hall–Kier alpha value is -3.46. The highest BCUT2D eigenvalue weighted by Gasteiger charge is 2.07. The molecular weight excluding hydrogens is 308 g/mol. The molecule has 2 heterocycles. The molecule has 0 radical (unpaired) electrons. The van der Waals surface area contributed by atoms with Crippen LogP contribution < -0.4 is 10.0 Å². The van der Waals surface area contributed by atoms with Crippen LogP contribution in [0.5, 0.6) is 0 Å². The van der Waals surface area contributed by atoms with E-state index < -0.39 is 0 Å². The highest BCUT2D eigenvalue weighted by atomic mass is 16.3. The number of hydrogen-bond acceptors (Lipinski definition) is 2. The second kappa shape index (κ2) is 6.97. The first-order valence-electron chi connectivity index (χ1n) is 8.16. The van der Waals surface area contributed by atoms with E-state index in [1.807, 2.05) is 103 Å². The van der Waals surface area contributed by atoms with Crippen LogP contribution >= 0.6 is 0 Å². The molecule has 3 nitrogen and oxygen atoms in total. The number of pyridine rings is 1. The van der Waals surface area contributed by atoms with Gasteiger partial charge in [0.05, 0.1) is 0 Å². The Labute approximate surface area is 146 Å². The van der Waals surface area contributed by atoms with Crippen molar-refractivity contribution in [2.45, 2.75) is 0 Å². The molecule has 0 spiro atoms. The largest absolute Gasteiger partial charge is 0.456 e. The van der Waals surface area contributed by atoms with Crippen LogP contribution in [-0.4, -0.2) is 0 Å². The van der Waals surface area contributed by atoms with Crippen molar-refractivity contribution in [2.24, 2.45) is 5.10 Å². The first-order valence-corrected chi connectivity index (χ1v) is 8.16. The molecule has 2 aromatic carbocycles. The first-order chi connectivity index (χ1) is 12.4. The molecule has 0 fully saturated rings. The van der Waals surface area contributed by atoms with Crippen molar-refractivity contribution in [3.63, 3.8) is 0 Å². The number of nitrogens with zero attached hydrogens (tertiary/aromatic N) is 2. The van der Waals surface area contributed by atoms with Gasteiger partial charge < -0.3 is 4.42 Å². The minimum atomic E-state index is 0.789. The van der Waals surface area contributed by atoms with Crippen molar-refractivity contribution in [1.82, 2.24) is 0 Å². The molecule has 4 rings (SSSR count). The van der Waals surface area contributed by atoms with Crippen molar-refractivity contribution in [3.8, 4) is 22.6 Å². The highest BCUT2D eigenvalue weighted by Crippen LogP contribution is 2.24. The SMILES string of the molecule is c1ccc(-c2cc(=N[n+]3ccccc3)cc(-c3ccccc3)o2)cc1. The molecule has 0 amide bonds. The Morgan fingerprint density at radius 3 is 1.60 bits per heavy atom. The van der Waals surface area contributed by atoms with E-state index in [0.29, 0.717) is 0 Å². The molecule has 0 atom stereocenters. The Morgan fingerprint density at radius 2 is 1.08 bits per heavy atom. The summed E-state index contributed by atoms with van der Waals surface area (Å²) in [6.45, 7) is 0. The van der Waals surface area contributed by atoms with Crippen LogP contribution in [0.15, 0.2) is 113 Å². The molecule has 0 aliphatic rings. The number of rotatable bonds is 3. The number of hydrogen-bond donors (Lipinski definition) is 0. The molecule has 0 N–H and O–H groups in total. The predicted molar refractivity (Wildman–Crippen MR) is 97.2 cm³/mol. The van der Waals surface area contributed by atoms with Gasteiger partial charge in [-0.1, -0.05) is 71.4 Å². The maximum absolute atomic E-state index is 6.16. The molecule has 25 heavy (non-hydrogen) atoms. The van der Waals surface area contributed by atoms with Gasteiger partial charge in [0, 0.05) is 40.5 Å². The third-order valence-electron chi connectivity index (χ3n) is 3.83. The van der Waals surface area contributed by atoms with E-state index in [4.69, 9.17) is 4.42 Å². The van der Waals surface area contributed by atoms with Gasteiger partial charge >= 0.3 is 0 Å². The van der Waals surface area contributed by atoms with Crippen LogP contribution in [0.2, 0.25) is 0 Å². The Bertz CT molecular complexity index is 963. The molecule has 4 aromatic rings. The average molecular weight is 325 g/mol. The second-order valence-corrected chi connectivity index (χ2v) is 5.63. The van der Waals surface area contributed by atoms with Crippen LogP contribution in [0, 0.1) is 0 Å². The standard InChI is InChI=1S/C22H17N2O/c1-4-10-18(11-5-1)21-16-20(23-24-14-8-3-9-15-24)17-22(25-21)19-12-6-2-7-13-19/h1-17H/q+1. The molecular formula is C22H17N2O+. The topological polar surface area (TPSA) is 29.4 Å². The molecule has 3 heteroatoms. The minimum absolute atomic E-state index is 0.789. The van der Waals surface area contributed by atoms with Crippen molar-refractivity contribution in [3.05, 3.63) is 109 Å². The van der Waals surface area contributed by atoms with Crippen LogP contribution in [-0.2, 0) is 0 Å². The average Bonchev–Trinajstić information content (AvgIpc) is 2.70. The summed E-state index contributed by atoms with van der Waals surface area (Å²) in [4.78, 5) is 0. The van der Waals surface area contributed by atoms with Crippen LogP contribution in [0.1, 0.15) is 0 Å². The number of aromatic nitrogens is 1. The Kier molecular flexibility index (Phi) is 4.21. The van der Waals surface area contributed by atoms with Gasteiger partial charge in [0.25, 0.3) is 0 Å². The van der Waals surface area contributed by atoms with Gasteiger partial charge in [-0.05, 0) is 0 Å². The summed E-state index contributed by atoms with van der Waals surface area (Å²) in [6, 6.07) is 29.9. The lowest BCUT2D eigenvalue weighted by Gasteiger charge is -2.05. The van der Waals surface area contributed by atoms with E-state index in [0.717, 1.165) is 28.0 Å². The van der Waals surface area contributed by atoms with Crippen molar-refractivity contribution in [1.29, 1.82) is 0 Å². The summed E-state index contributed by atoms with van der Waals surface area (Å²) in [5.74, 6) is 1.58. The Morgan fingerprint density at radius 1 is 0.600 bits per heavy atom. The molecule has 0 aliphatic carbocycles. The second-order valence-electron chi connectivity index (χ2n) is 5.63. The summed E-state index contributed by atoms with van der Waals surface area (Å²) in [6.07, 6.45) is 3.82. The zero-order chi connectivity index (χ0) is 16.9. The first kappa shape index (κ1) is 15.1. The van der Waals surface area contributed by atoms with E-state index in [1.54, 1.807) is 4.68 Å². The fourth-order valence-electron chi connectivity index (χ4n) is 2.62. The molecule has 0 bridgehead atoms. The van der Waals surface area contributed by atoms with Crippen LogP contribution in [0.25, 0.3) is 22.6 Å². The molecule has 0 aliphatic heterocycles. The van der Waals surface area contributed by atoms with Gasteiger partial charge in [-0.2, -0.15) is 0 Å². The predicted octanol–water partition coefficient (Wildman–Crippen LogP) is 4.27. The third kappa shape index (κ3) is 3.56. The zero-order valence-electron chi connectivity index (χ0n) is 13.6. The monoisotopic (exact) mass is 325 g/mol. The van der Waals surface area contributed by atoms with Gasteiger partial charge in [-0.25, -0.2) is 0 Å². The van der Waals surface area contributed by atoms with Gasteiger partial charge in [0.1, 0.15) is 16.9 Å². The van der Waals surface area contributed by atoms with Crippen molar-refractivity contribution < 1.29 is 9.09 Å². The molecule has 0 saturated carbocycles. The fourth-order valence-corrected chi connectivity index (χ4v) is 2.62. The summed E-state index contributed by atoms with van der Waals surface area (Å²) < 4.78 is 7.95. The maximum atomic E-state index is 6.16. The smallest absolute Gasteiger partial charge is 0.202 e. The van der Waals surface area contributed by atoms with Gasteiger partial charge in [0.15, 0.2) is 0 Å². The van der Waals surface area contributed by atoms with Crippen LogP contribution in [0.4, 0.5) is 0 Å². The van der Waals surface area contributed by atoms with Crippen molar-refractivity contribution in [2.75, 3.05) is 0 Å². The summed E-state index contributed by atoms with van der Waals surface area (Å²) >= 11 is 0. The van der Waals surface area contributed by atoms with Gasteiger partial charge in [-0.15, -0.1) is 0 Å². The molecule has 0 saturated heterocycles. The summed E-state index contributed by atoms with van der Waals surface area (Å²) in [5, 5.41) is 5.50. The lowest BCUT2D eigenvalue weighted by atomic mass is 10.1. The van der Waals surface area contributed by atoms with Crippen molar-refractivity contribution >= 4 is 0 Å². The minimum Gasteiger partial charge on any atom is -0.456 e. The lowest BCUT2D eigenvalue weighted by Crippen LogP contribution is -2.29. The zero-order valence-corrected chi connectivity index (χ0v) is 13.6. The lowest BCUT2D eigenvalue weighted by molar-refractivity contribution is -0.683. The third-order valence-corrected chi connectivity index (χ3v) is 3.83. The van der Waals surface area contributed by atoms with Gasteiger partial charge in [-0.3, -0.25) is 0 Å². The van der Waals surface area contributed by atoms with E-state index >= 15 is 0 Å². The quantitative estimate of drug-likeness (QED) is 0.517. The van der Waals surface area contributed by atoms with E-state index in [1.165, 1.54) is 0 Å². The van der Waals surface area contributed by atoms with E-state index in [9.17, 15) is 0 Å². The van der Waals surface area contributed by atoms with Crippen LogP contribution in [0.3, 0.4) is 0 Å². The highest BCUT2D eigenvalue weighted by molar-refractivity contribution is 5.62. The molecule has 2 aromatic heterocycles. The normalized spacial score (nSPS) is 10.4. The summed E-state index contributed by atoms with van der Waals surface area (Å²) in [7, 11) is 0.